The van der Waals surface area contributed by atoms with Crippen LogP contribution >= 0.6 is 11.8 Å². The van der Waals surface area contributed by atoms with Gasteiger partial charge in [0.15, 0.2) is 0 Å². The first-order valence-corrected chi connectivity index (χ1v) is 11.7. The number of hydrogen-bond acceptors (Lipinski definition) is 5. The van der Waals surface area contributed by atoms with Gasteiger partial charge in [-0.25, -0.2) is 0 Å². The van der Waals surface area contributed by atoms with Crippen LogP contribution in [0.2, 0.25) is 0 Å². The molecule has 1 N–H and O–H groups in total. The molecule has 0 aromatic heterocycles. The zero-order valence-electron chi connectivity index (χ0n) is 16.9. The van der Waals surface area contributed by atoms with Crippen LogP contribution in [0.5, 0.6) is 0 Å². The number of carbonyl (C=O) groups is 1. The summed E-state index contributed by atoms with van der Waals surface area (Å²) in [6, 6.07) is 10.9. The van der Waals surface area contributed by atoms with Crippen LogP contribution in [-0.4, -0.2) is 55.8 Å². The van der Waals surface area contributed by atoms with Crippen LogP contribution in [0, 0.1) is 17.2 Å². The van der Waals surface area contributed by atoms with Gasteiger partial charge in [0.05, 0.1) is 11.8 Å². The molecule has 2 aliphatic rings. The number of rotatable bonds is 7. The molecule has 5 nitrogen and oxygen atoms in total. The van der Waals surface area contributed by atoms with Crippen LogP contribution in [0.15, 0.2) is 29.2 Å². The molecule has 1 aliphatic heterocycles. The van der Waals surface area contributed by atoms with Crippen molar-refractivity contribution in [2.75, 3.05) is 43.9 Å². The third kappa shape index (κ3) is 5.89. The number of anilines is 1. The van der Waals surface area contributed by atoms with E-state index in [1.807, 2.05) is 17.8 Å². The van der Waals surface area contributed by atoms with Crippen molar-refractivity contribution in [3.8, 4) is 6.07 Å². The van der Waals surface area contributed by atoms with Crippen molar-refractivity contribution in [2.45, 2.75) is 49.5 Å². The van der Waals surface area contributed by atoms with Crippen molar-refractivity contribution in [3.63, 3.8) is 0 Å². The second kappa shape index (κ2) is 10.7. The van der Waals surface area contributed by atoms with Gasteiger partial charge in [0.1, 0.15) is 6.42 Å². The van der Waals surface area contributed by atoms with Crippen LogP contribution in [-0.2, 0) is 4.79 Å². The smallest absolute Gasteiger partial charge is 0.234 e. The van der Waals surface area contributed by atoms with Gasteiger partial charge in [-0.1, -0.05) is 12.1 Å². The SMILES string of the molecule is CSc1ccccc1N1CCN(CCC2CCC(NC(=O)CC#N)CC2)CC1. The Morgan fingerprint density at radius 2 is 1.89 bits per heavy atom. The Labute approximate surface area is 173 Å². The Morgan fingerprint density at radius 1 is 1.18 bits per heavy atom. The maximum Gasteiger partial charge on any atom is 0.234 e. The molecule has 1 amide bonds. The number of nitrogens with one attached hydrogen (secondary N) is 1. The zero-order valence-corrected chi connectivity index (χ0v) is 17.7. The van der Waals surface area contributed by atoms with Crippen LogP contribution in [0.25, 0.3) is 0 Å². The normalized spacial score (nSPS) is 23.2. The molecule has 1 saturated carbocycles. The molecule has 0 radical (unpaired) electrons. The number of nitriles is 1. The van der Waals surface area contributed by atoms with Crippen molar-refractivity contribution in [2.24, 2.45) is 5.92 Å². The Hall–Kier alpha value is -1.71. The van der Waals surface area contributed by atoms with Crippen molar-refractivity contribution in [3.05, 3.63) is 24.3 Å². The van der Waals surface area contributed by atoms with Crippen LogP contribution in [0.3, 0.4) is 0 Å². The monoisotopic (exact) mass is 400 g/mol. The highest BCUT2D eigenvalue weighted by molar-refractivity contribution is 7.98. The highest BCUT2D eigenvalue weighted by Crippen LogP contribution is 2.30. The van der Waals surface area contributed by atoms with Crippen molar-refractivity contribution >= 4 is 23.4 Å². The zero-order chi connectivity index (χ0) is 19.8. The Kier molecular flexibility index (Phi) is 8.05. The van der Waals surface area contributed by atoms with Crippen molar-refractivity contribution in [1.82, 2.24) is 10.2 Å². The van der Waals surface area contributed by atoms with Gasteiger partial charge in [-0.3, -0.25) is 9.69 Å². The summed E-state index contributed by atoms with van der Waals surface area (Å²) >= 11 is 1.83. The standard InChI is InChI=1S/C22H32N4OS/c1-28-21-5-3-2-4-20(21)26-16-14-25(15-17-26)13-11-18-6-8-19(9-7-18)24-22(27)10-12-23/h2-5,18-19H,6-11,13-17H2,1H3,(H,24,27). The average Bonchev–Trinajstić information content (AvgIpc) is 2.74. The minimum absolute atomic E-state index is 0.0205. The van der Waals surface area contributed by atoms with E-state index in [0.29, 0.717) is 0 Å². The van der Waals surface area contributed by atoms with E-state index in [2.05, 4.69) is 45.6 Å². The lowest BCUT2D eigenvalue weighted by molar-refractivity contribution is -0.121. The van der Waals surface area contributed by atoms with Gasteiger partial charge in [0.25, 0.3) is 0 Å². The van der Waals surface area contributed by atoms with Gasteiger partial charge in [0.2, 0.25) is 5.91 Å². The highest BCUT2D eigenvalue weighted by atomic mass is 32.2. The number of amides is 1. The number of nitrogens with zero attached hydrogens (tertiary/aromatic N) is 3. The molecule has 0 bridgehead atoms. The third-order valence-electron chi connectivity index (χ3n) is 6.10. The van der Waals surface area contributed by atoms with E-state index in [0.717, 1.165) is 44.9 Å². The molecule has 6 heteroatoms. The maximum absolute atomic E-state index is 11.5. The fraction of sp³-hybridized carbons (Fsp3) is 0.636. The predicted octanol–water partition coefficient (Wildman–Crippen LogP) is 3.51. The highest BCUT2D eigenvalue weighted by Gasteiger charge is 2.24. The Morgan fingerprint density at radius 3 is 2.57 bits per heavy atom. The van der Waals surface area contributed by atoms with Gasteiger partial charge < -0.3 is 10.2 Å². The summed E-state index contributed by atoms with van der Waals surface area (Å²) in [6.07, 6.45) is 7.89. The molecule has 152 valence electrons. The summed E-state index contributed by atoms with van der Waals surface area (Å²) in [5.74, 6) is 0.659. The maximum atomic E-state index is 11.5. The van der Waals surface area contributed by atoms with Gasteiger partial charge in [-0.2, -0.15) is 5.26 Å². The third-order valence-corrected chi connectivity index (χ3v) is 6.89. The lowest BCUT2D eigenvalue weighted by Gasteiger charge is -2.38. The molecule has 1 aromatic carbocycles. The van der Waals surface area contributed by atoms with Crippen LogP contribution < -0.4 is 10.2 Å². The number of para-hydroxylation sites is 1. The molecule has 3 rings (SSSR count). The average molecular weight is 401 g/mol. The van der Waals surface area contributed by atoms with Crippen LogP contribution in [0.4, 0.5) is 5.69 Å². The fourth-order valence-corrected chi connectivity index (χ4v) is 5.04. The van der Waals surface area contributed by atoms with E-state index in [9.17, 15) is 4.79 Å². The first-order valence-electron chi connectivity index (χ1n) is 10.5. The van der Waals surface area contributed by atoms with Gasteiger partial charge in [-0.05, 0) is 63.0 Å². The van der Waals surface area contributed by atoms with Gasteiger partial charge in [0, 0.05) is 37.1 Å². The van der Waals surface area contributed by atoms with Crippen LogP contribution in [0.1, 0.15) is 38.5 Å². The van der Waals surface area contributed by atoms with Gasteiger partial charge >= 0.3 is 0 Å². The number of carbonyl (C=O) groups excluding carboxylic acids is 1. The van der Waals surface area contributed by atoms with E-state index in [1.165, 1.54) is 36.4 Å². The number of piperazine rings is 1. The quantitative estimate of drug-likeness (QED) is 0.710. The molecule has 1 heterocycles. The lowest BCUT2D eigenvalue weighted by Crippen LogP contribution is -2.47. The summed E-state index contributed by atoms with van der Waals surface area (Å²) in [4.78, 5) is 18.1. The molecule has 1 aliphatic carbocycles. The second-order valence-electron chi connectivity index (χ2n) is 7.91. The van der Waals surface area contributed by atoms with E-state index < -0.39 is 0 Å². The van der Waals surface area contributed by atoms with E-state index >= 15 is 0 Å². The van der Waals surface area contributed by atoms with Crippen molar-refractivity contribution < 1.29 is 4.79 Å². The molecule has 28 heavy (non-hydrogen) atoms. The second-order valence-corrected chi connectivity index (χ2v) is 8.76. The summed E-state index contributed by atoms with van der Waals surface area (Å²) < 4.78 is 0. The first kappa shape index (κ1) is 21.0. The topological polar surface area (TPSA) is 59.4 Å². The first-order chi connectivity index (χ1) is 13.7. The fourth-order valence-electron chi connectivity index (χ4n) is 4.41. The minimum atomic E-state index is -0.119. The Balaban J connectivity index is 1.35. The van der Waals surface area contributed by atoms with E-state index in [-0.39, 0.29) is 18.4 Å². The minimum Gasteiger partial charge on any atom is -0.368 e. The molecule has 1 aromatic rings. The molecule has 1 saturated heterocycles. The molecular weight excluding hydrogens is 368 g/mol. The molecule has 0 atom stereocenters. The number of hydrogen-bond donors (Lipinski definition) is 1. The Bertz CT molecular complexity index is 673. The number of thioether (sulfide) groups is 1. The molecule has 2 fully saturated rings. The summed E-state index contributed by atoms with van der Waals surface area (Å²) in [5.41, 5.74) is 1.38. The molecule has 0 spiro atoms. The van der Waals surface area contributed by atoms with Crippen molar-refractivity contribution in [1.29, 1.82) is 5.26 Å². The predicted molar refractivity (Wildman–Crippen MR) is 116 cm³/mol. The number of benzene rings is 1. The summed E-state index contributed by atoms with van der Waals surface area (Å²) in [6.45, 7) is 5.68. The largest absolute Gasteiger partial charge is 0.368 e. The summed E-state index contributed by atoms with van der Waals surface area (Å²) in [7, 11) is 0. The lowest BCUT2D eigenvalue weighted by atomic mass is 9.84. The van der Waals surface area contributed by atoms with Gasteiger partial charge in [-0.15, -0.1) is 11.8 Å². The van der Waals surface area contributed by atoms with E-state index in [4.69, 9.17) is 5.26 Å². The molecular formula is C22H32N4OS. The van der Waals surface area contributed by atoms with E-state index in [1.54, 1.807) is 0 Å². The molecule has 0 unspecified atom stereocenters. The summed E-state index contributed by atoms with van der Waals surface area (Å²) in [5, 5.41) is 11.6.